The number of fused-ring (bicyclic) bond motifs is 4. The summed E-state index contributed by atoms with van der Waals surface area (Å²) < 4.78 is 5.88. The Hall–Kier alpha value is -5.27. The molecule has 0 bridgehead atoms. The number of benzene rings is 4. The molecule has 0 spiro atoms. The van der Waals surface area contributed by atoms with Crippen molar-refractivity contribution < 1.29 is 19.5 Å². The molecule has 5 N–H and O–H groups in total. The van der Waals surface area contributed by atoms with Crippen LogP contribution in [0, 0.1) is 0 Å². The molecule has 0 saturated carbocycles. The van der Waals surface area contributed by atoms with Gasteiger partial charge in [-0.2, -0.15) is 0 Å². The Labute approximate surface area is 307 Å². The summed E-state index contributed by atoms with van der Waals surface area (Å²) in [6, 6.07) is 21.5. The number of aromatic nitrogens is 4. The molecule has 4 aromatic carbocycles. The second-order valence-corrected chi connectivity index (χ2v) is 14.8. The quantitative estimate of drug-likeness (QED) is 0.118. The van der Waals surface area contributed by atoms with E-state index in [1.165, 1.54) is 0 Å². The zero-order chi connectivity index (χ0) is 35.6. The van der Waals surface area contributed by atoms with Crippen LogP contribution in [0.15, 0.2) is 78.2 Å². The smallest absolute Gasteiger partial charge is 0.346 e. The zero-order valence-corrected chi connectivity index (χ0v) is 29.7. The molecule has 0 aliphatic carbocycles. The summed E-state index contributed by atoms with van der Waals surface area (Å²) in [7, 11) is 0. The number of nitrogens with zero attached hydrogens (tertiary/aromatic N) is 4. The fourth-order valence-corrected chi connectivity index (χ4v) is 9.32. The van der Waals surface area contributed by atoms with Crippen molar-refractivity contribution in [3.05, 3.63) is 104 Å². The maximum Gasteiger partial charge on any atom is 0.346 e. The lowest BCUT2D eigenvalue weighted by Crippen LogP contribution is -2.10. The van der Waals surface area contributed by atoms with Gasteiger partial charge in [-0.15, -0.1) is 22.7 Å². The molecule has 51 heavy (non-hydrogen) atoms. The van der Waals surface area contributed by atoms with E-state index in [1.807, 2.05) is 40.3 Å². The highest BCUT2D eigenvalue weighted by molar-refractivity contribution is 7.21. The molecule has 0 saturated heterocycles. The molecule has 2 amide bonds. The number of imidazole rings is 2. The first-order chi connectivity index (χ1) is 24.6. The lowest BCUT2D eigenvalue weighted by molar-refractivity contribution is 0.0702. The molecule has 8 rings (SSSR count). The molecule has 254 valence electrons. The van der Waals surface area contributed by atoms with E-state index in [-0.39, 0.29) is 4.88 Å². The standard InChI is InChI=1S/C37H26Cl2N6O4S2/c38-21-5-3-7-27-29(21)20(17-50-27)35-42-23-15-18(33(40)46)9-11-25(23)44(35)13-1-2-14-45-26-12-10-19(34(41)47)16-24(26)43-36(45)31-30-22(39)6-4-8-28(30)51-32(31)37(48)49/h3-12,15-17H,1-2,13-14H2,(H2,40,46)(H2,41,47)(H,48,49). The third-order valence-electron chi connectivity index (χ3n) is 8.95. The van der Waals surface area contributed by atoms with Crippen molar-refractivity contribution in [2.24, 2.45) is 11.5 Å². The second-order valence-electron chi connectivity index (χ2n) is 12.0. The zero-order valence-electron chi connectivity index (χ0n) is 26.5. The first kappa shape index (κ1) is 32.9. The van der Waals surface area contributed by atoms with Gasteiger partial charge in [0.1, 0.15) is 16.5 Å². The van der Waals surface area contributed by atoms with Gasteiger partial charge in [-0.1, -0.05) is 35.3 Å². The van der Waals surface area contributed by atoms with Gasteiger partial charge in [0.25, 0.3) is 0 Å². The molecule has 8 aromatic rings. The topological polar surface area (TPSA) is 159 Å². The van der Waals surface area contributed by atoms with Gasteiger partial charge >= 0.3 is 5.97 Å². The van der Waals surface area contributed by atoms with Crippen molar-refractivity contribution in [3.8, 4) is 22.8 Å². The minimum Gasteiger partial charge on any atom is -0.477 e. The van der Waals surface area contributed by atoms with Crippen LogP contribution in [0.25, 0.3) is 65.0 Å². The number of unbranched alkanes of at least 4 members (excludes halogenated alkanes) is 1. The molecule has 0 aliphatic rings. The van der Waals surface area contributed by atoms with Crippen molar-refractivity contribution in [2.45, 2.75) is 25.9 Å². The summed E-state index contributed by atoms with van der Waals surface area (Å²) >= 11 is 16.1. The Morgan fingerprint density at radius 1 is 0.725 bits per heavy atom. The number of rotatable bonds is 10. The largest absolute Gasteiger partial charge is 0.477 e. The highest BCUT2D eigenvalue weighted by Gasteiger charge is 2.26. The van der Waals surface area contributed by atoms with Crippen LogP contribution in [0.4, 0.5) is 0 Å². The number of aromatic carboxylic acids is 1. The predicted octanol–water partition coefficient (Wildman–Crippen LogP) is 8.83. The van der Waals surface area contributed by atoms with Gasteiger partial charge in [0.05, 0.1) is 32.7 Å². The van der Waals surface area contributed by atoms with E-state index in [2.05, 4.69) is 4.57 Å². The number of hydrogen-bond acceptors (Lipinski definition) is 7. The highest BCUT2D eigenvalue weighted by atomic mass is 35.5. The highest BCUT2D eigenvalue weighted by Crippen LogP contribution is 2.43. The Balaban J connectivity index is 1.20. The number of nitrogens with two attached hydrogens (primary N) is 2. The van der Waals surface area contributed by atoms with Crippen LogP contribution in [-0.2, 0) is 13.1 Å². The Morgan fingerprint density at radius 3 is 1.86 bits per heavy atom. The summed E-state index contributed by atoms with van der Waals surface area (Å²) in [6.07, 6.45) is 1.36. The number of carbonyl (C=O) groups excluding carboxylic acids is 2. The van der Waals surface area contributed by atoms with Crippen molar-refractivity contribution in [3.63, 3.8) is 0 Å². The first-order valence-electron chi connectivity index (χ1n) is 15.8. The summed E-state index contributed by atoms with van der Waals surface area (Å²) in [5, 5.41) is 14.9. The van der Waals surface area contributed by atoms with E-state index in [4.69, 9.17) is 44.6 Å². The molecule has 0 unspecified atom stereocenters. The lowest BCUT2D eigenvalue weighted by Gasteiger charge is -2.12. The first-order valence-corrected chi connectivity index (χ1v) is 18.3. The van der Waals surface area contributed by atoms with E-state index in [0.717, 1.165) is 48.5 Å². The monoisotopic (exact) mass is 752 g/mol. The minimum absolute atomic E-state index is 0.122. The fourth-order valence-electron chi connectivity index (χ4n) is 6.64. The van der Waals surface area contributed by atoms with Crippen LogP contribution >= 0.6 is 45.9 Å². The van der Waals surface area contributed by atoms with Gasteiger partial charge in [-0.3, -0.25) is 9.59 Å². The Bertz CT molecular complexity index is 2740. The van der Waals surface area contributed by atoms with Gasteiger partial charge < -0.3 is 25.7 Å². The van der Waals surface area contributed by atoms with Crippen molar-refractivity contribution in [2.75, 3.05) is 0 Å². The average Bonchev–Trinajstić information content (AvgIpc) is 3.88. The molecule has 4 aromatic heterocycles. The Morgan fingerprint density at radius 2 is 1.27 bits per heavy atom. The van der Waals surface area contributed by atoms with Crippen LogP contribution < -0.4 is 11.5 Å². The van der Waals surface area contributed by atoms with Crippen molar-refractivity contribution in [1.82, 2.24) is 19.1 Å². The van der Waals surface area contributed by atoms with Crippen molar-refractivity contribution in [1.29, 1.82) is 0 Å². The van der Waals surface area contributed by atoms with E-state index in [0.29, 0.717) is 74.9 Å². The van der Waals surface area contributed by atoms with Gasteiger partial charge in [0.2, 0.25) is 11.8 Å². The summed E-state index contributed by atoms with van der Waals surface area (Å²) in [6.45, 7) is 1.05. The fraction of sp³-hybridized carbons (Fsp3) is 0.108. The van der Waals surface area contributed by atoms with Crippen LogP contribution in [0.5, 0.6) is 0 Å². The molecule has 4 heterocycles. The van der Waals surface area contributed by atoms with E-state index in [1.54, 1.807) is 53.8 Å². The van der Waals surface area contributed by atoms with Gasteiger partial charge in [-0.05, 0) is 73.5 Å². The van der Waals surface area contributed by atoms with E-state index >= 15 is 0 Å². The molecule has 10 nitrogen and oxygen atoms in total. The molecule has 0 atom stereocenters. The summed E-state index contributed by atoms with van der Waals surface area (Å²) in [5.74, 6) is -1.04. The third-order valence-corrected chi connectivity index (χ3v) is 11.7. The van der Waals surface area contributed by atoms with Crippen LogP contribution in [-0.4, -0.2) is 42.0 Å². The molecule has 0 aliphatic heterocycles. The molecular weight excluding hydrogens is 727 g/mol. The molecule has 14 heteroatoms. The number of halogens is 2. The van der Waals surface area contributed by atoms with Gasteiger partial charge in [0, 0.05) is 60.4 Å². The van der Waals surface area contributed by atoms with Crippen molar-refractivity contribution >= 4 is 106 Å². The number of hydrogen-bond donors (Lipinski definition) is 3. The number of thiophene rings is 2. The number of carbonyl (C=O) groups is 3. The van der Waals surface area contributed by atoms with E-state index in [9.17, 15) is 19.5 Å². The van der Waals surface area contributed by atoms with Gasteiger partial charge in [0.15, 0.2) is 0 Å². The SMILES string of the molecule is NC(=O)c1ccc2c(c1)nc(-c1csc3cccc(Cl)c13)n2CCCCn1c(-c2c(C(=O)O)sc3cccc(Cl)c23)nc2cc(C(N)=O)ccc21. The van der Waals surface area contributed by atoms with Crippen LogP contribution in [0.3, 0.4) is 0 Å². The predicted molar refractivity (Wildman–Crippen MR) is 204 cm³/mol. The van der Waals surface area contributed by atoms with Gasteiger partial charge in [-0.25, -0.2) is 14.8 Å². The molecule has 0 radical (unpaired) electrons. The Kier molecular flexibility index (Phi) is 8.26. The second kappa shape index (κ2) is 12.8. The third kappa shape index (κ3) is 5.60. The average molecular weight is 754 g/mol. The number of aryl methyl sites for hydroxylation is 2. The number of primary amides is 2. The number of amides is 2. The lowest BCUT2D eigenvalue weighted by atomic mass is 10.1. The summed E-state index contributed by atoms with van der Waals surface area (Å²) in [5.41, 5.74) is 15.9. The number of carboxylic acid groups (broad SMARTS) is 1. The molecular formula is C37H26Cl2N6O4S2. The maximum atomic E-state index is 12.6. The van der Waals surface area contributed by atoms with E-state index < -0.39 is 17.8 Å². The minimum atomic E-state index is -1.08. The van der Waals surface area contributed by atoms with Crippen LogP contribution in [0.2, 0.25) is 10.0 Å². The number of carboxylic acids is 1. The molecule has 0 fully saturated rings. The normalized spacial score (nSPS) is 11.7. The maximum absolute atomic E-state index is 12.6. The summed E-state index contributed by atoms with van der Waals surface area (Å²) in [4.78, 5) is 46.6. The van der Waals surface area contributed by atoms with Crippen LogP contribution in [0.1, 0.15) is 43.2 Å².